The molecule has 2 atom stereocenters. The van der Waals surface area contributed by atoms with Crippen LogP contribution >= 0.6 is 0 Å². The first-order chi connectivity index (χ1) is 16.4. The van der Waals surface area contributed by atoms with Gasteiger partial charge in [-0.1, -0.05) is 74.0 Å². The van der Waals surface area contributed by atoms with Gasteiger partial charge in [0.2, 0.25) is 5.91 Å². The number of rotatable bonds is 13. The van der Waals surface area contributed by atoms with E-state index in [0.29, 0.717) is 12.0 Å². The number of hydrogen-bond donors (Lipinski definition) is 3. The second kappa shape index (κ2) is 14.3. The number of carbonyl (C=O) groups excluding carboxylic acids is 3. The molecule has 0 saturated heterocycles. The molecular weight excluding hydrogens is 440 g/mol. The van der Waals surface area contributed by atoms with Gasteiger partial charge in [0.1, 0.15) is 18.7 Å². The Bertz CT molecular complexity index is 935. The summed E-state index contributed by atoms with van der Waals surface area (Å²) in [6.07, 6.45) is 0.135. The number of esters is 1. The van der Waals surface area contributed by atoms with Gasteiger partial charge in [-0.05, 0) is 17.5 Å². The Kier molecular flexibility index (Phi) is 11.1. The van der Waals surface area contributed by atoms with Crippen molar-refractivity contribution in [1.82, 2.24) is 10.6 Å². The zero-order chi connectivity index (χ0) is 24.8. The van der Waals surface area contributed by atoms with Crippen LogP contribution in [0.5, 0.6) is 0 Å². The molecule has 2 rings (SSSR count). The number of amides is 2. The molecule has 2 amide bonds. The number of nitrogens with one attached hydrogen (secondary N) is 2. The summed E-state index contributed by atoms with van der Waals surface area (Å²) in [6.45, 7) is 2.09. The van der Waals surface area contributed by atoms with E-state index in [1.165, 1.54) is 0 Å². The second-order valence-corrected chi connectivity index (χ2v) is 7.63. The highest BCUT2D eigenvalue weighted by Gasteiger charge is 2.29. The molecule has 3 N–H and O–H groups in total. The van der Waals surface area contributed by atoms with Gasteiger partial charge < -0.3 is 25.2 Å². The Morgan fingerprint density at radius 2 is 1.47 bits per heavy atom. The van der Waals surface area contributed by atoms with Crippen molar-refractivity contribution in [3.63, 3.8) is 0 Å². The molecule has 2 aromatic carbocycles. The predicted octanol–water partition coefficient (Wildman–Crippen LogP) is 2.83. The Hall–Kier alpha value is -3.88. The molecule has 0 saturated carbocycles. The quantitative estimate of drug-likeness (QED) is 0.303. The summed E-state index contributed by atoms with van der Waals surface area (Å²) in [5.74, 6) is -2.76. The SMILES string of the molecule is CCCCOC(=O)C[C@H](NC(=O)OCc1ccccc1)C(=O)N[C@@H](Cc1ccccc1)C(=O)O. The molecule has 0 spiro atoms. The molecule has 0 aliphatic rings. The normalized spacial score (nSPS) is 12.1. The Morgan fingerprint density at radius 1 is 0.853 bits per heavy atom. The van der Waals surface area contributed by atoms with Crippen molar-refractivity contribution in [1.29, 1.82) is 0 Å². The van der Waals surface area contributed by atoms with Gasteiger partial charge in [-0.15, -0.1) is 0 Å². The molecule has 0 bridgehead atoms. The molecule has 34 heavy (non-hydrogen) atoms. The number of carboxylic acid groups (broad SMARTS) is 1. The maximum Gasteiger partial charge on any atom is 0.408 e. The number of alkyl carbamates (subject to hydrolysis) is 1. The van der Waals surface area contributed by atoms with Crippen LogP contribution in [0.2, 0.25) is 0 Å². The van der Waals surface area contributed by atoms with E-state index in [-0.39, 0.29) is 19.6 Å². The van der Waals surface area contributed by atoms with Crippen molar-refractivity contribution < 1.29 is 33.8 Å². The molecule has 0 aromatic heterocycles. The zero-order valence-corrected chi connectivity index (χ0v) is 19.1. The van der Waals surface area contributed by atoms with Gasteiger partial charge in [0, 0.05) is 6.42 Å². The van der Waals surface area contributed by atoms with E-state index in [9.17, 15) is 24.3 Å². The molecule has 0 unspecified atom stereocenters. The number of aliphatic carboxylic acids is 1. The molecular formula is C25H30N2O7. The van der Waals surface area contributed by atoms with Gasteiger partial charge in [0.05, 0.1) is 13.0 Å². The van der Waals surface area contributed by atoms with Crippen LogP contribution in [0.3, 0.4) is 0 Å². The maximum atomic E-state index is 12.9. The molecule has 0 heterocycles. The number of carbonyl (C=O) groups is 4. The fourth-order valence-electron chi connectivity index (χ4n) is 2.99. The Labute approximate surface area is 198 Å². The number of ether oxygens (including phenoxy) is 2. The summed E-state index contributed by atoms with van der Waals surface area (Å²) in [5.41, 5.74) is 1.45. The van der Waals surface area contributed by atoms with Gasteiger partial charge in [-0.2, -0.15) is 0 Å². The third kappa shape index (κ3) is 9.72. The van der Waals surface area contributed by atoms with Crippen LogP contribution in [0.1, 0.15) is 37.3 Å². The molecule has 0 radical (unpaired) electrons. The van der Waals surface area contributed by atoms with Gasteiger partial charge >= 0.3 is 18.0 Å². The number of hydrogen-bond acceptors (Lipinski definition) is 6. The molecule has 2 aromatic rings. The van der Waals surface area contributed by atoms with Crippen molar-refractivity contribution in [2.24, 2.45) is 0 Å². The maximum absolute atomic E-state index is 12.9. The van der Waals surface area contributed by atoms with Crippen LogP contribution in [0.15, 0.2) is 60.7 Å². The topological polar surface area (TPSA) is 131 Å². The van der Waals surface area contributed by atoms with Crippen molar-refractivity contribution in [2.45, 2.75) is 51.3 Å². The third-order valence-corrected chi connectivity index (χ3v) is 4.85. The van der Waals surface area contributed by atoms with Crippen LogP contribution < -0.4 is 10.6 Å². The van der Waals surface area contributed by atoms with Crippen LogP contribution in [0.25, 0.3) is 0 Å². The summed E-state index contributed by atoms with van der Waals surface area (Å²) in [6, 6.07) is 15.1. The Morgan fingerprint density at radius 3 is 2.06 bits per heavy atom. The molecule has 0 fully saturated rings. The van der Waals surface area contributed by atoms with E-state index in [1.54, 1.807) is 54.6 Å². The molecule has 0 aliphatic heterocycles. The Balaban J connectivity index is 2.04. The second-order valence-electron chi connectivity index (χ2n) is 7.63. The third-order valence-electron chi connectivity index (χ3n) is 4.85. The summed E-state index contributed by atoms with van der Waals surface area (Å²) >= 11 is 0. The minimum absolute atomic E-state index is 0.0340. The average Bonchev–Trinajstić information content (AvgIpc) is 2.83. The van der Waals surface area contributed by atoms with E-state index in [4.69, 9.17) is 9.47 Å². The van der Waals surface area contributed by atoms with Crippen LogP contribution in [0, 0.1) is 0 Å². The minimum atomic E-state index is -1.37. The summed E-state index contributed by atoms with van der Waals surface area (Å²) < 4.78 is 10.2. The highest BCUT2D eigenvalue weighted by Crippen LogP contribution is 2.06. The minimum Gasteiger partial charge on any atom is -0.480 e. The van der Waals surface area contributed by atoms with Gasteiger partial charge in [-0.25, -0.2) is 9.59 Å². The van der Waals surface area contributed by atoms with Crippen LogP contribution in [0.4, 0.5) is 4.79 Å². The fraction of sp³-hybridized carbons (Fsp3) is 0.360. The zero-order valence-electron chi connectivity index (χ0n) is 19.1. The average molecular weight is 471 g/mol. The van der Waals surface area contributed by atoms with Crippen LogP contribution in [-0.4, -0.2) is 47.7 Å². The first kappa shape index (κ1) is 26.4. The summed E-state index contributed by atoms with van der Waals surface area (Å²) in [4.78, 5) is 49.1. The first-order valence-corrected chi connectivity index (χ1v) is 11.1. The first-order valence-electron chi connectivity index (χ1n) is 11.1. The monoisotopic (exact) mass is 470 g/mol. The standard InChI is InChI=1S/C25H30N2O7/c1-2-3-14-33-22(28)16-20(27-25(32)34-17-19-12-8-5-9-13-19)23(29)26-21(24(30)31)15-18-10-6-4-7-11-18/h4-13,20-21H,2-3,14-17H2,1H3,(H,26,29)(H,27,32)(H,30,31)/t20-,21-/m0/s1. The van der Waals surface area contributed by atoms with E-state index in [0.717, 1.165) is 12.0 Å². The van der Waals surface area contributed by atoms with Crippen molar-refractivity contribution >= 4 is 23.9 Å². The number of benzene rings is 2. The molecule has 9 nitrogen and oxygen atoms in total. The number of carboxylic acids is 1. The lowest BCUT2D eigenvalue weighted by Crippen LogP contribution is -2.53. The van der Waals surface area contributed by atoms with Gasteiger partial charge in [0.15, 0.2) is 0 Å². The van der Waals surface area contributed by atoms with E-state index < -0.39 is 42.4 Å². The highest BCUT2D eigenvalue weighted by molar-refractivity contribution is 5.92. The lowest BCUT2D eigenvalue weighted by molar-refractivity contribution is -0.146. The van der Waals surface area contributed by atoms with E-state index >= 15 is 0 Å². The predicted molar refractivity (Wildman–Crippen MR) is 124 cm³/mol. The van der Waals surface area contributed by atoms with Crippen molar-refractivity contribution in [3.8, 4) is 0 Å². The molecule has 9 heteroatoms. The van der Waals surface area contributed by atoms with E-state index in [1.807, 2.05) is 13.0 Å². The highest BCUT2D eigenvalue weighted by atomic mass is 16.5. The number of unbranched alkanes of at least 4 members (excludes halogenated alkanes) is 1. The lowest BCUT2D eigenvalue weighted by atomic mass is 10.1. The summed E-state index contributed by atoms with van der Waals surface area (Å²) in [5, 5.41) is 14.3. The largest absolute Gasteiger partial charge is 0.480 e. The van der Waals surface area contributed by atoms with Gasteiger partial charge in [0.25, 0.3) is 0 Å². The fourth-order valence-corrected chi connectivity index (χ4v) is 2.99. The molecule has 0 aliphatic carbocycles. The van der Waals surface area contributed by atoms with Crippen LogP contribution in [-0.2, 0) is 36.9 Å². The van der Waals surface area contributed by atoms with Crippen molar-refractivity contribution in [3.05, 3.63) is 71.8 Å². The van der Waals surface area contributed by atoms with Crippen molar-refractivity contribution in [2.75, 3.05) is 6.61 Å². The smallest absolute Gasteiger partial charge is 0.408 e. The lowest BCUT2D eigenvalue weighted by Gasteiger charge is -2.21. The van der Waals surface area contributed by atoms with Gasteiger partial charge in [-0.3, -0.25) is 9.59 Å². The van der Waals surface area contributed by atoms with E-state index in [2.05, 4.69) is 10.6 Å². The molecule has 182 valence electrons. The summed E-state index contributed by atoms with van der Waals surface area (Å²) in [7, 11) is 0.